The van der Waals surface area contributed by atoms with E-state index in [9.17, 15) is 14.4 Å². The Hall–Kier alpha value is -3.62. The zero-order valence-electron chi connectivity index (χ0n) is 15.5. The first-order chi connectivity index (χ1) is 13.5. The van der Waals surface area contributed by atoms with Crippen molar-refractivity contribution in [3.05, 3.63) is 59.7 Å². The summed E-state index contributed by atoms with van der Waals surface area (Å²) in [5.41, 5.74) is 1.54. The molecule has 0 saturated carbocycles. The molecule has 1 aromatic carbocycles. The molecule has 2 amide bonds. The van der Waals surface area contributed by atoms with Crippen molar-refractivity contribution >= 4 is 23.6 Å². The largest absolute Gasteiger partial charge is 0.452 e. The van der Waals surface area contributed by atoms with E-state index in [2.05, 4.69) is 20.4 Å². The Kier molecular flexibility index (Phi) is 5.73. The van der Waals surface area contributed by atoms with Crippen LogP contribution in [-0.4, -0.2) is 44.0 Å². The van der Waals surface area contributed by atoms with Crippen molar-refractivity contribution in [1.82, 2.24) is 24.9 Å². The Balaban J connectivity index is 1.61. The van der Waals surface area contributed by atoms with E-state index in [1.807, 2.05) is 19.9 Å². The molecule has 3 rings (SSSR count). The second kappa shape index (κ2) is 8.38. The normalized spacial score (nSPS) is 10.8. The summed E-state index contributed by atoms with van der Waals surface area (Å²) in [6.07, 6.45) is 2.75. The molecule has 3 aromatic rings. The molecule has 0 aliphatic heterocycles. The van der Waals surface area contributed by atoms with Crippen molar-refractivity contribution in [2.75, 3.05) is 6.61 Å². The first kappa shape index (κ1) is 19.2. The van der Waals surface area contributed by atoms with Gasteiger partial charge in [-0.15, -0.1) is 0 Å². The highest BCUT2D eigenvalue weighted by molar-refractivity contribution is 5.98. The molecule has 9 heteroatoms. The molecule has 28 heavy (non-hydrogen) atoms. The van der Waals surface area contributed by atoms with E-state index < -0.39 is 24.4 Å². The van der Waals surface area contributed by atoms with Gasteiger partial charge in [0.1, 0.15) is 6.33 Å². The summed E-state index contributed by atoms with van der Waals surface area (Å²) in [6, 6.07) is 9.01. The van der Waals surface area contributed by atoms with Gasteiger partial charge in [-0.3, -0.25) is 14.9 Å². The number of nitrogens with zero attached hydrogens (tertiary/aromatic N) is 4. The minimum atomic E-state index is -0.723. The van der Waals surface area contributed by atoms with Gasteiger partial charge in [0, 0.05) is 6.20 Å². The molecular formula is C19H19N5O4. The molecular weight excluding hydrogens is 362 g/mol. The number of benzene rings is 1. The Labute approximate surface area is 160 Å². The maximum absolute atomic E-state index is 12.4. The summed E-state index contributed by atoms with van der Waals surface area (Å²) in [5, 5.41) is 6.27. The molecule has 0 atom stereocenters. The van der Waals surface area contributed by atoms with E-state index in [0.29, 0.717) is 11.5 Å². The van der Waals surface area contributed by atoms with Crippen LogP contribution in [0.4, 0.5) is 0 Å². The lowest BCUT2D eigenvalue weighted by molar-refractivity contribution is -0.132. The molecule has 144 valence electrons. The fourth-order valence-electron chi connectivity index (χ4n) is 2.73. The maximum Gasteiger partial charge on any atom is 0.342 e. The summed E-state index contributed by atoms with van der Waals surface area (Å²) in [5.74, 6) is -1.59. The number of imide groups is 1. The van der Waals surface area contributed by atoms with Crippen LogP contribution in [0.15, 0.2) is 42.9 Å². The van der Waals surface area contributed by atoms with Crippen LogP contribution >= 0.6 is 0 Å². The van der Waals surface area contributed by atoms with Crippen LogP contribution in [0.25, 0.3) is 5.78 Å². The zero-order valence-corrected chi connectivity index (χ0v) is 15.5. The Morgan fingerprint density at radius 3 is 2.57 bits per heavy atom. The van der Waals surface area contributed by atoms with Gasteiger partial charge >= 0.3 is 5.97 Å². The van der Waals surface area contributed by atoms with Gasteiger partial charge in [-0.1, -0.05) is 44.2 Å². The van der Waals surface area contributed by atoms with Crippen LogP contribution < -0.4 is 5.32 Å². The Morgan fingerprint density at radius 2 is 1.86 bits per heavy atom. The minimum absolute atomic E-state index is 0.0592. The maximum atomic E-state index is 12.4. The van der Waals surface area contributed by atoms with Crippen molar-refractivity contribution in [1.29, 1.82) is 0 Å². The van der Waals surface area contributed by atoms with Gasteiger partial charge < -0.3 is 4.74 Å². The van der Waals surface area contributed by atoms with Gasteiger partial charge in [0.2, 0.25) is 5.91 Å². The average Bonchev–Trinajstić information content (AvgIpc) is 3.14. The monoisotopic (exact) mass is 381 g/mol. The topological polar surface area (TPSA) is 116 Å². The highest BCUT2D eigenvalue weighted by Gasteiger charge is 2.21. The summed E-state index contributed by atoms with van der Waals surface area (Å²) >= 11 is 0. The second-order valence-electron chi connectivity index (χ2n) is 6.39. The lowest BCUT2D eigenvalue weighted by atomic mass is 10.1. The van der Waals surface area contributed by atoms with Gasteiger partial charge in [-0.2, -0.15) is 10.1 Å². The molecule has 9 nitrogen and oxygen atoms in total. The first-order valence-corrected chi connectivity index (χ1v) is 8.68. The highest BCUT2D eigenvalue weighted by atomic mass is 16.5. The SMILES string of the molecule is CC(C)c1c(C(=O)OCC(=O)NC(=O)Cc2ccccc2)cnc2ncnn12. The molecule has 0 radical (unpaired) electrons. The smallest absolute Gasteiger partial charge is 0.342 e. The molecule has 0 bridgehead atoms. The van der Waals surface area contributed by atoms with Crippen LogP contribution in [0, 0.1) is 0 Å². The number of carbonyl (C=O) groups is 3. The Bertz CT molecular complexity index is 1010. The molecule has 0 aliphatic carbocycles. The summed E-state index contributed by atoms with van der Waals surface area (Å²) < 4.78 is 6.52. The molecule has 0 aliphatic rings. The molecule has 0 unspecified atom stereocenters. The number of nitrogens with one attached hydrogen (secondary N) is 1. The summed E-state index contributed by atoms with van der Waals surface area (Å²) in [4.78, 5) is 44.3. The van der Waals surface area contributed by atoms with E-state index >= 15 is 0 Å². The van der Waals surface area contributed by atoms with Crippen molar-refractivity contribution in [3.63, 3.8) is 0 Å². The van der Waals surface area contributed by atoms with E-state index in [1.165, 1.54) is 17.0 Å². The van der Waals surface area contributed by atoms with Gasteiger partial charge in [0.25, 0.3) is 11.7 Å². The van der Waals surface area contributed by atoms with Crippen LogP contribution in [-0.2, 0) is 20.7 Å². The third-order valence-electron chi connectivity index (χ3n) is 3.93. The number of rotatable bonds is 6. The predicted molar refractivity (Wildman–Crippen MR) is 98.4 cm³/mol. The Morgan fingerprint density at radius 1 is 1.11 bits per heavy atom. The van der Waals surface area contributed by atoms with Crippen molar-refractivity contribution in [2.24, 2.45) is 0 Å². The predicted octanol–water partition coefficient (Wildman–Crippen LogP) is 1.29. The first-order valence-electron chi connectivity index (χ1n) is 8.68. The summed E-state index contributed by atoms with van der Waals surface area (Å²) in [6.45, 7) is 3.21. The number of hydrogen-bond acceptors (Lipinski definition) is 7. The lowest BCUT2D eigenvalue weighted by Crippen LogP contribution is -2.35. The van der Waals surface area contributed by atoms with Crippen molar-refractivity contribution in [2.45, 2.75) is 26.2 Å². The number of aromatic nitrogens is 4. The van der Waals surface area contributed by atoms with Crippen LogP contribution in [0.1, 0.15) is 41.4 Å². The van der Waals surface area contributed by atoms with Crippen LogP contribution in [0.2, 0.25) is 0 Å². The van der Waals surface area contributed by atoms with E-state index in [0.717, 1.165) is 5.56 Å². The van der Waals surface area contributed by atoms with Crippen molar-refractivity contribution < 1.29 is 19.1 Å². The zero-order chi connectivity index (χ0) is 20.1. The fraction of sp³-hybridized carbons (Fsp3) is 0.263. The third kappa shape index (κ3) is 4.37. The lowest BCUT2D eigenvalue weighted by Gasteiger charge is -2.13. The fourth-order valence-corrected chi connectivity index (χ4v) is 2.73. The van der Waals surface area contributed by atoms with Crippen LogP contribution in [0.5, 0.6) is 0 Å². The molecule has 0 saturated heterocycles. The number of carbonyl (C=O) groups excluding carboxylic acids is 3. The van der Waals surface area contributed by atoms with Gasteiger partial charge in [-0.25, -0.2) is 14.3 Å². The van der Waals surface area contributed by atoms with E-state index in [-0.39, 0.29) is 17.9 Å². The average molecular weight is 381 g/mol. The molecule has 1 N–H and O–H groups in total. The van der Waals surface area contributed by atoms with Crippen LogP contribution in [0.3, 0.4) is 0 Å². The number of ether oxygens (including phenoxy) is 1. The highest BCUT2D eigenvalue weighted by Crippen LogP contribution is 2.19. The number of fused-ring (bicyclic) bond motifs is 1. The van der Waals surface area contributed by atoms with Gasteiger partial charge in [0.05, 0.1) is 17.7 Å². The van der Waals surface area contributed by atoms with E-state index in [1.54, 1.807) is 24.3 Å². The summed E-state index contributed by atoms with van der Waals surface area (Å²) in [7, 11) is 0. The number of hydrogen-bond donors (Lipinski definition) is 1. The van der Waals surface area contributed by atoms with Crippen molar-refractivity contribution in [3.8, 4) is 0 Å². The molecule has 2 heterocycles. The van der Waals surface area contributed by atoms with E-state index in [4.69, 9.17) is 4.74 Å². The number of amides is 2. The van der Waals surface area contributed by atoms with Gasteiger partial charge in [0.15, 0.2) is 6.61 Å². The van der Waals surface area contributed by atoms with Gasteiger partial charge in [-0.05, 0) is 11.5 Å². The standard InChI is InChI=1S/C19H19N5O4/c1-12(2)17-14(9-20-19-21-11-22-24(17)19)18(27)28-10-16(26)23-15(25)8-13-6-4-3-5-7-13/h3-7,9,11-12H,8,10H2,1-2H3,(H,23,25,26). The molecule has 2 aromatic heterocycles. The second-order valence-corrected chi connectivity index (χ2v) is 6.39. The minimum Gasteiger partial charge on any atom is -0.452 e. The quantitative estimate of drug-likeness (QED) is 0.640. The molecule has 0 fully saturated rings. The molecule has 0 spiro atoms. The number of esters is 1. The third-order valence-corrected chi connectivity index (χ3v) is 3.93.